The topological polar surface area (TPSA) is 99.2 Å². The Labute approximate surface area is 176 Å². The van der Waals surface area contributed by atoms with Gasteiger partial charge in [0.05, 0.1) is 22.4 Å². The van der Waals surface area contributed by atoms with Crippen LogP contribution < -0.4 is 11.2 Å². The number of ketones is 1. The second-order valence-corrected chi connectivity index (χ2v) is 8.17. The molecule has 146 valence electrons. The van der Waals surface area contributed by atoms with Gasteiger partial charge < -0.3 is 5.73 Å². The number of hydrogen-bond acceptors (Lipinski definition) is 6. The zero-order valence-electron chi connectivity index (χ0n) is 15.3. The van der Waals surface area contributed by atoms with Crippen molar-refractivity contribution in [3.8, 4) is 6.07 Å². The lowest BCUT2D eigenvalue weighted by Gasteiger charge is -2.39. The van der Waals surface area contributed by atoms with E-state index in [1.165, 1.54) is 16.3 Å². The Balaban J connectivity index is 1.84. The number of amides is 1. The minimum atomic E-state index is -0.601. The Morgan fingerprint density at radius 2 is 2.14 bits per heavy atom. The number of Topliss-reactive ketones (excluding diaryl/α,β-unsaturated/α-hetero) is 1. The number of hydrazine groups is 1. The second kappa shape index (κ2) is 7.74. The maximum atomic E-state index is 12.9. The Hall–Kier alpha value is -3.08. The molecule has 2 heterocycles. The van der Waals surface area contributed by atoms with E-state index in [9.17, 15) is 14.9 Å². The van der Waals surface area contributed by atoms with Gasteiger partial charge in [-0.15, -0.1) is 11.3 Å². The van der Waals surface area contributed by atoms with Crippen molar-refractivity contribution in [3.05, 3.63) is 79.9 Å². The van der Waals surface area contributed by atoms with Gasteiger partial charge in [0, 0.05) is 22.7 Å². The van der Waals surface area contributed by atoms with E-state index in [1.807, 2.05) is 6.07 Å². The number of benzene rings is 1. The first-order valence-corrected chi connectivity index (χ1v) is 10.3. The highest BCUT2D eigenvalue weighted by atomic mass is 35.5. The molecule has 1 aromatic carbocycles. The summed E-state index contributed by atoms with van der Waals surface area (Å²) < 4.78 is 0. The average molecular weight is 425 g/mol. The fraction of sp³-hybridized carbons (Fsp3) is 0.190. The van der Waals surface area contributed by atoms with E-state index in [4.69, 9.17) is 17.3 Å². The summed E-state index contributed by atoms with van der Waals surface area (Å²) in [6.07, 6.45) is 1.62. The molecule has 1 unspecified atom stereocenters. The third kappa shape index (κ3) is 3.41. The van der Waals surface area contributed by atoms with Gasteiger partial charge in [-0.05, 0) is 42.0 Å². The number of thiophene rings is 1. The maximum Gasteiger partial charge on any atom is 0.280 e. The van der Waals surface area contributed by atoms with Gasteiger partial charge >= 0.3 is 0 Å². The number of nitrogens with two attached hydrogens (primary N) is 1. The second-order valence-electron chi connectivity index (χ2n) is 6.79. The minimum absolute atomic E-state index is 0.0492. The van der Waals surface area contributed by atoms with Crippen molar-refractivity contribution in [2.45, 2.75) is 25.2 Å². The number of nitrogens with one attached hydrogen (secondary N) is 1. The molecule has 0 bridgehead atoms. The van der Waals surface area contributed by atoms with Crippen LogP contribution in [0.15, 0.2) is 64.4 Å². The number of carbonyl (C=O) groups excluding carboxylic acids is 2. The maximum absolute atomic E-state index is 12.9. The summed E-state index contributed by atoms with van der Waals surface area (Å²) >= 11 is 7.46. The van der Waals surface area contributed by atoms with Crippen LogP contribution in [0.3, 0.4) is 0 Å². The zero-order valence-corrected chi connectivity index (χ0v) is 16.9. The third-order valence-electron chi connectivity index (χ3n) is 5.05. The van der Waals surface area contributed by atoms with Gasteiger partial charge in [0.2, 0.25) is 0 Å². The molecular weight excluding hydrogens is 408 g/mol. The number of carbonyl (C=O) groups is 2. The number of nitriles is 1. The number of hydrogen-bond donors (Lipinski definition) is 2. The van der Waals surface area contributed by atoms with Crippen LogP contribution in [0, 0.1) is 11.3 Å². The van der Waals surface area contributed by atoms with E-state index in [1.54, 1.807) is 35.7 Å². The van der Waals surface area contributed by atoms with Crippen LogP contribution in [-0.2, 0) is 4.79 Å². The summed E-state index contributed by atoms with van der Waals surface area (Å²) in [7, 11) is 0. The van der Waals surface area contributed by atoms with Gasteiger partial charge in [-0.25, -0.2) is 5.01 Å². The molecule has 1 aliphatic carbocycles. The van der Waals surface area contributed by atoms with Crippen molar-refractivity contribution in [1.82, 2.24) is 10.4 Å². The summed E-state index contributed by atoms with van der Waals surface area (Å²) in [6.45, 7) is 0. The molecule has 3 N–H and O–H groups in total. The smallest absolute Gasteiger partial charge is 0.280 e. The standard InChI is InChI=1S/C21H17ClN4O2S/c22-13-5-1-4-12(10-13)18-14(11-23)20(24)26(15-6-2-7-16(27)19(15)18)25-21(28)17-8-3-9-29-17/h1,3-5,8-10,18H,2,6-7,24H2,(H,25,28). The van der Waals surface area contributed by atoms with E-state index in [2.05, 4.69) is 11.5 Å². The molecule has 8 heteroatoms. The van der Waals surface area contributed by atoms with Crippen molar-refractivity contribution in [3.63, 3.8) is 0 Å². The first-order chi connectivity index (χ1) is 14.0. The first-order valence-electron chi connectivity index (χ1n) is 9.07. The van der Waals surface area contributed by atoms with Crippen LogP contribution in [0.1, 0.15) is 40.4 Å². The lowest BCUT2D eigenvalue weighted by molar-refractivity contribution is -0.116. The van der Waals surface area contributed by atoms with Gasteiger partial charge in [0.15, 0.2) is 5.78 Å². The lowest BCUT2D eigenvalue weighted by Crippen LogP contribution is -2.48. The molecule has 4 rings (SSSR count). The van der Waals surface area contributed by atoms with E-state index in [-0.39, 0.29) is 23.1 Å². The fourth-order valence-electron chi connectivity index (χ4n) is 3.80. The van der Waals surface area contributed by atoms with E-state index < -0.39 is 5.92 Å². The van der Waals surface area contributed by atoms with E-state index in [0.29, 0.717) is 40.4 Å². The van der Waals surface area contributed by atoms with Gasteiger partial charge in [-0.3, -0.25) is 15.0 Å². The van der Waals surface area contributed by atoms with E-state index in [0.717, 1.165) is 5.56 Å². The highest BCUT2D eigenvalue weighted by Gasteiger charge is 2.40. The van der Waals surface area contributed by atoms with Crippen LogP contribution in [0.4, 0.5) is 0 Å². The molecule has 0 spiro atoms. The summed E-state index contributed by atoms with van der Waals surface area (Å²) in [6, 6.07) is 12.7. The van der Waals surface area contributed by atoms with Crippen molar-refractivity contribution in [2.24, 2.45) is 5.73 Å². The molecule has 29 heavy (non-hydrogen) atoms. The number of rotatable bonds is 3. The molecule has 0 radical (unpaired) electrons. The highest BCUT2D eigenvalue weighted by molar-refractivity contribution is 7.12. The number of nitrogens with zero attached hydrogens (tertiary/aromatic N) is 2. The highest BCUT2D eigenvalue weighted by Crippen LogP contribution is 2.44. The lowest BCUT2D eigenvalue weighted by atomic mass is 9.76. The molecule has 2 aromatic rings. The quantitative estimate of drug-likeness (QED) is 0.779. The van der Waals surface area contributed by atoms with E-state index >= 15 is 0 Å². The molecule has 1 atom stereocenters. The van der Waals surface area contributed by atoms with Gasteiger partial charge in [-0.2, -0.15) is 5.26 Å². The fourth-order valence-corrected chi connectivity index (χ4v) is 4.61. The average Bonchev–Trinajstić information content (AvgIpc) is 3.25. The normalized spacial score (nSPS) is 19.1. The Bertz CT molecular complexity index is 1100. The molecule has 1 aliphatic heterocycles. The molecule has 0 fully saturated rings. The third-order valence-corrected chi connectivity index (χ3v) is 6.16. The summed E-state index contributed by atoms with van der Waals surface area (Å²) in [4.78, 5) is 26.1. The predicted molar refractivity (Wildman–Crippen MR) is 111 cm³/mol. The van der Waals surface area contributed by atoms with Gasteiger partial charge in [-0.1, -0.05) is 29.8 Å². The van der Waals surface area contributed by atoms with Crippen LogP contribution >= 0.6 is 22.9 Å². The number of allylic oxidation sites excluding steroid dienone is 3. The molecule has 6 nitrogen and oxygen atoms in total. The minimum Gasteiger partial charge on any atom is -0.383 e. The zero-order chi connectivity index (χ0) is 20.5. The molecule has 2 aliphatic rings. The van der Waals surface area contributed by atoms with Crippen LogP contribution in [0.25, 0.3) is 0 Å². The molecule has 0 saturated heterocycles. The molecule has 1 amide bonds. The van der Waals surface area contributed by atoms with Crippen molar-refractivity contribution < 1.29 is 9.59 Å². The molecule has 0 saturated carbocycles. The summed E-state index contributed by atoms with van der Waals surface area (Å²) in [5.41, 5.74) is 11.2. The Morgan fingerprint density at radius 1 is 1.31 bits per heavy atom. The predicted octanol–water partition coefficient (Wildman–Crippen LogP) is 3.85. The Kier molecular flexibility index (Phi) is 5.14. The Morgan fingerprint density at radius 3 is 2.83 bits per heavy atom. The first kappa shape index (κ1) is 19.2. The number of halogens is 1. The summed E-state index contributed by atoms with van der Waals surface area (Å²) in [5, 5.41) is 13.6. The van der Waals surface area contributed by atoms with Crippen molar-refractivity contribution in [2.75, 3.05) is 0 Å². The van der Waals surface area contributed by atoms with Crippen LogP contribution in [0.5, 0.6) is 0 Å². The van der Waals surface area contributed by atoms with Gasteiger partial charge in [0.1, 0.15) is 5.82 Å². The van der Waals surface area contributed by atoms with Crippen LogP contribution in [0.2, 0.25) is 5.02 Å². The van der Waals surface area contributed by atoms with Crippen molar-refractivity contribution >= 4 is 34.6 Å². The largest absolute Gasteiger partial charge is 0.383 e. The van der Waals surface area contributed by atoms with Gasteiger partial charge in [0.25, 0.3) is 5.91 Å². The molecular formula is C21H17ClN4O2S. The van der Waals surface area contributed by atoms with Crippen molar-refractivity contribution in [1.29, 1.82) is 5.26 Å². The SMILES string of the molecule is N#CC1=C(N)N(NC(=O)c2cccs2)C2=C(C(=O)CCC2)C1c1cccc(Cl)c1. The monoisotopic (exact) mass is 424 g/mol. The summed E-state index contributed by atoms with van der Waals surface area (Å²) in [5.74, 6) is -0.870. The van der Waals surface area contributed by atoms with Crippen LogP contribution in [-0.4, -0.2) is 16.7 Å². The molecule has 1 aromatic heterocycles.